The van der Waals surface area contributed by atoms with E-state index in [1.54, 1.807) is 18.2 Å². The first-order valence-corrected chi connectivity index (χ1v) is 10.4. The molecular weight excluding hydrogens is 364 g/mol. The van der Waals surface area contributed by atoms with E-state index in [-0.39, 0.29) is 11.5 Å². The first kappa shape index (κ1) is 18.0. The van der Waals surface area contributed by atoms with Gasteiger partial charge < -0.3 is 19.7 Å². The van der Waals surface area contributed by atoms with Gasteiger partial charge in [-0.3, -0.25) is 4.79 Å². The van der Waals surface area contributed by atoms with Gasteiger partial charge in [0.1, 0.15) is 12.3 Å². The number of likely N-dealkylation sites (tertiary alicyclic amines) is 1. The number of aromatic nitrogens is 1. The minimum absolute atomic E-state index is 0.127. The van der Waals surface area contributed by atoms with Crippen LogP contribution in [0.15, 0.2) is 48.4 Å². The number of quaternary nitrogens is 1. The number of phenols is 1. The maximum Gasteiger partial charge on any atom is 0.231 e. The maximum absolute atomic E-state index is 13.0. The van der Waals surface area contributed by atoms with Gasteiger partial charge in [0.25, 0.3) is 0 Å². The zero-order valence-corrected chi connectivity index (χ0v) is 16.3. The van der Waals surface area contributed by atoms with Crippen molar-refractivity contribution in [2.75, 3.05) is 13.1 Å². The van der Waals surface area contributed by atoms with Crippen LogP contribution in [0.4, 0.5) is 0 Å². The van der Waals surface area contributed by atoms with Crippen LogP contribution in [0.25, 0.3) is 17.0 Å². The number of H-pyrrole nitrogens is 1. The van der Waals surface area contributed by atoms with E-state index in [2.05, 4.69) is 4.98 Å². The van der Waals surface area contributed by atoms with E-state index in [0.717, 1.165) is 35.1 Å². The number of carbonyl (C=O) groups excluding carboxylic acids is 1. The van der Waals surface area contributed by atoms with Crippen LogP contribution in [0.1, 0.15) is 47.2 Å². The number of ketones is 1. The number of benzene rings is 2. The Balaban J connectivity index is 1.48. The van der Waals surface area contributed by atoms with Gasteiger partial charge in [-0.2, -0.15) is 0 Å². The van der Waals surface area contributed by atoms with Crippen LogP contribution in [0, 0.1) is 0 Å². The van der Waals surface area contributed by atoms with Crippen molar-refractivity contribution in [3.05, 3.63) is 65.0 Å². The normalized spacial score (nSPS) is 18.8. The quantitative estimate of drug-likeness (QED) is 0.601. The van der Waals surface area contributed by atoms with Gasteiger partial charge in [0, 0.05) is 22.7 Å². The summed E-state index contributed by atoms with van der Waals surface area (Å²) in [5, 5.41) is 11.6. The average Bonchev–Trinajstić information content (AvgIpc) is 3.15. The summed E-state index contributed by atoms with van der Waals surface area (Å²) in [6.07, 6.45) is 8.63. The van der Waals surface area contributed by atoms with E-state index in [1.165, 1.54) is 30.6 Å². The van der Waals surface area contributed by atoms with Crippen LogP contribution in [0.3, 0.4) is 0 Å². The molecule has 2 aliphatic heterocycles. The number of hydrogen-bond acceptors (Lipinski definition) is 3. The topological polar surface area (TPSA) is 66.8 Å². The van der Waals surface area contributed by atoms with E-state index >= 15 is 0 Å². The Labute approximate surface area is 169 Å². The molecule has 2 aromatic carbocycles. The van der Waals surface area contributed by atoms with Crippen molar-refractivity contribution in [2.45, 2.75) is 32.2 Å². The molecule has 0 saturated carbocycles. The van der Waals surface area contributed by atoms with Gasteiger partial charge in [-0.05, 0) is 50.0 Å². The van der Waals surface area contributed by atoms with Crippen molar-refractivity contribution in [3.8, 4) is 11.5 Å². The second kappa shape index (κ2) is 7.41. The van der Waals surface area contributed by atoms with E-state index in [9.17, 15) is 9.90 Å². The minimum Gasteiger partial charge on any atom is -0.507 e. The van der Waals surface area contributed by atoms with Crippen molar-refractivity contribution in [3.63, 3.8) is 0 Å². The predicted molar refractivity (Wildman–Crippen MR) is 112 cm³/mol. The Bertz CT molecular complexity index is 1100. The molecule has 5 rings (SSSR count). The molecule has 148 valence electrons. The van der Waals surface area contributed by atoms with Crippen molar-refractivity contribution >= 4 is 22.8 Å². The second-order valence-electron chi connectivity index (χ2n) is 8.01. The third-order valence-corrected chi connectivity index (χ3v) is 6.06. The number of aromatic amines is 1. The van der Waals surface area contributed by atoms with Gasteiger partial charge in [0.2, 0.25) is 5.78 Å². The summed E-state index contributed by atoms with van der Waals surface area (Å²) in [6.45, 7) is 2.87. The van der Waals surface area contributed by atoms with Crippen molar-refractivity contribution < 1.29 is 19.5 Å². The van der Waals surface area contributed by atoms with Gasteiger partial charge in [0.15, 0.2) is 11.5 Å². The minimum atomic E-state index is -0.127. The summed E-state index contributed by atoms with van der Waals surface area (Å²) in [6, 6.07) is 11.3. The number of aromatic hydroxyl groups is 1. The first-order chi connectivity index (χ1) is 14.2. The molecule has 5 nitrogen and oxygen atoms in total. The summed E-state index contributed by atoms with van der Waals surface area (Å²) in [7, 11) is 0. The number of hydrogen-bond donors (Lipinski definition) is 3. The standard InChI is InChI=1S/C24H24N2O3/c27-21-10-9-18-23(28)22(13-16-14-25-20-8-4-3-7-17(16)20)29-24(18)19(21)15-26-11-5-1-2-6-12-26/h3-4,7-10,13-14,25,27H,1-2,5-6,11-12,15H2/p+1/b22-13-. The molecule has 1 fully saturated rings. The Morgan fingerprint density at radius 1 is 1.07 bits per heavy atom. The van der Waals surface area contributed by atoms with E-state index in [0.29, 0.717) is 23.6 Å². The number of rotatable bonds is 3. The van der Waals surface area contributed by atoms with Crippen LogP contribution in [-0.2, 0) is 6.54 Å². The molecule has 0 spiro atoms. The number of nitrogens with one attached hydrogen (secondary N) is 2. The molecule has 1 aromatic heterocycles. The van der Waals surface area contributed by atoms with E-state index in [1.807, 2.05) is 30.5 Å². The summed E-state index contributed by atoms with van der Waals surface area (Å²) in [4.78, 5) is 17.6. The number of ether oxygens (including phenoxy) is 1. The molecule has 3 heterocycles. The molecule has 0 radical (unpaired) electrons. The lowest BCUT2D eigenvalue weighted by molar-refractivity contribution is -0.913. The van der Waals surface area contributed by atoms with Crippen LogP contribution < -0.4 is 9.64 Å². The summed E-state index contributed by atoms with van der Waals surface area (Å²) >= 11 is 0. The van der Waals surface area contributed by atoms with Gasteiger partial charge in [0.05, 0.1) is 24.2 Å². The van der Waals surface area contributed by atoms with Crippen molar-refractivity contribution in [1.29, 1.82) is 0 Å². The zero-order chi connectivity index (χ0) is 19.8. The second-order valence-corrected chi connectivity index (χ2v) is 8.01. The molecule has 0 bridgehead atoms. The highest BCUT2D eigenvalue weighted by atomic mass is 16.5. The Morgan fingerprint density at radius 3 is 2.69 bits per heavy atom. The monoisotopic (exact) mass is 389 g/mol. The smallest absolute Gasteiger partial charge is 0.231 e. The van der Waals surface area contributed by atoms with E-state index < -0.39 is 0 Å². The summed E-state index contributed by atoms with van der Waals surface area (Å²) in [5.41, 5.74) is 3.22. The van der Waals surface area contributed by atoms with Crippen LogP contribution in [0.5, 0.6) is 11.5 Å². The van der Waals surface area contributed by atoms with E-state index in [4.69, 9.17) is 4.74 Å². The summed E-state index contributed by atoms with van der Waals surface area (Å²) in [5.74, 6) is 0.916. The summed E-state index contributed by atoms with van der Waals surface area (Å²) < 4.78 is 6.05. The highest BCUT2D eigenvalue weighted by molar-refractivity contribution is 6.15. The van der Waals surface area contributed by atoms with Crippen molar-refractivity contribution in [1.82, 2.24) is 4.98 Å². The van der Waals surface area contributed by atoms with Crippen LogP contribution >= 0.6 is 0 Å². The highest BCUT2D eigenvalue weighted by Gasteiger charge is 2.32. The number of carbonyl (C=O) groups is 1. The fourth-order valence-electron chi connectivity index (χ4n) is 4.48. The van der Waals surface area contributed by atoms with Gasteiger partial charge in [-0.1, -0.05) is 18.2 Å². The van der Waals surface area contributed by atoms with Gasteiger partial charge in [-0.25, -0.2) is 0 Å². The molecule has 3 N–H and O–H groups in total. The van der Waals surface area contributed by atoms with Gasteiger partial charge in [-0.15, -0.1) is 0 Å². The molecule has 0 amide bonds. The molecule has 5 heteroatoms. The Kier molecular flexibility index (Phi) is 4.60. The maximum atomic E-state index is 13.0. The Morgan fingerprint density at radius 2 is 1.86 bits per heavy atom. The van der Waals surface area contributed by atoms with Crippen molar-refractivity contribution in [2.24, 2.45) is 0 Å². The molecule has 0 unspecified atom stereocenters. The number of allylic oxidation sites excluding steroid dienone is 1. The third-order valence-electron chi connectivity index (χ3n) is 6.06. The molecule has 2 aliphatic rings. The molecule has 29 heavy (non-hydrogen) atoms. The average molecular weight is 389 g/mol. The first-order valence-electron chi connectivity index (χ1n) is 10.4. The lowest BCUT2D eigenvalue weighted by Crippen LogP contribution is -3.10. The number of phenolic OH excluding ortho intramolecular Hbond substituents is 1. The molecular formula is C24H25N2O3+. The third kappa shape index (κ3) is 3.32. The SMILES string of the molecule is O=C1/C(=C/c2c[nH]c3ccccc23)Oc2c1ccc(O)c2C[NH+]1CCCCCC1. The highest BCUT2D eigenvalue weighted by Crippen LogP contribution is 2.39. The largest absolute Gasteiger partial charge is 0.507 e. The molecule has 0 aliphatic carbocycles. The lowest BCUT2D eigenvalue weighted by atomic mass is 10.0. The fraction of sp³-hybridized carbons (Fsp3) is 0.292. The zero-order valence-electron chi connectivity index (χ0n) is 16.3. The van der Waals surface area contributed by atoms with Crippen LogP contribution in [0.2, 0.25) is 0 Å². The number of para-hydroxylation sites is 1. The van der Waals surface area contributed by atoms with Crippen LogP contribution in [-0.4, -0.2) is 29.0 Å². The van der Waals surface area contributed by atoms with Gasteiger partial charge >= 0.3 is 0 Å². The molecule has 1 saturated heterocycles. The number of fused-ring (bicyclic) bond motifs is 2. The molecule has 0 atom stereocenters. The number of Topliss-reactive ketones (excluding diaryl/α,β-unsaturated/α-hetero) is 1. The predicted octanol–water partition coefficient (Wildman–Crippen LogP) is 3.45. The lowest BCUT2D eigenvalue weighted by Gasteiger charge is -2.18. The molecule has 3 aromatic rings. The fourth-order valence-corrected chi connectivity index (χ4v) is 4.48. The Hall–Kier alpha value is -3.05.